The lowest BCUT2D eigenvalue weighted by Crippen LogP contribution is -1.98. The summed E-state index contributed by atoms with van der Waals surface area (Å²) in [6, 6.07) is 4.58. The molecule has 2 aromatic rings. The van der Waals surface area contributed by atoms with Crippen molar-refractivity contribution in [2.24, 2.45) is 0 Å². The third kappa shape index (κ3) is 4.24. The number of carbonyl (C=O) groups is 1. The Labute approximate surface area is 129 Å². The number of rotatable bonds is 8. The smallest absolute Gasteiger partial charge is 0.184 e. The molecule has 0 bridgehead atoms. The van der Waals surface area contributed by atoms with E-state index in [0.717, 1.165) is 42.4 Å². The van der Waals surface area contributed by atoms with E-state index < -0.39 is 0 Å². The molecule has 0 radical (unpaired) electrons. The van der Waals surface area contributed by atoms with Crippen molar-refractivity contribution in [2.75, 3.05) is 5.33 Å². The van der Waals surface area contributed by atoms with Gasteiger partial charge in [0, 0.05) is 17.8 Å². The maximum atomic E-state index is 12.9. The lowest BCUT2D eigenvalue weighted by molar-refractivity contribution is 0.0970. The molecule has 6 heteroatoms. The highest BCUT2D eigenvalue weighted by molar-refractivity contribution is 9.09. The first kappa shape index (κ1) is 15.4. The number of Topliss-reactive ketones (excluding diaryl/α,β-unsaturated/α-hetero) is 1. The van der Waals surface area contributed by atoms with Crippen LogP contribution in [0.5, 0.6) is 0 Å². The van der Waals surface area contributed by atoms with Crippen LogP contribution in [0, 0.1) is 5.13 Å². The van der Waals surface area contributed by atoms with Gasteiger partial charge in [0.2, 0.25) is 0 Å². The van der Waals surface area contributed by atoms with Crippen LogP contribution in [0.25, 0.3) is 10.6 Å². The molecular weight excluding hydrogens is 345 g/mol. The molecule has 0 N–H and O–H groups in total. The highest BCUT2D eigenvalue weighted by atomic mass is 79.9. The summed E-state index contributed by atoms with van der Waals surface area (Å²) in [6.45, 7) is 0. The highest BCUT2D eigenvalue weighted by Crippen LogP contribution is 2.28. The van der Waals surface area contributed by atoms with Crippen LogP contribution in [-0.4, -0.2) is 16.3 Å². The molecule has 0 saturated heterocycles. The molecule has 3 nitrogen and oxygen atoms in total. The largest absolute Gasteiger partial charge is 0.355 e. The van der Waals surface area contributed by atoms with Crippen LogP contribution in [0.3, 0.4) is 0 Å². The SMILES string of the molecule is O=C(CCCCCCBr)c1cc(-c2ccc(F)s2)on1. The molecule has 0 amide bonds. The summed E-state index contributed by atoms with van der Waals surface area (Å²) in [7, 11) is 0. The second kappa shape index (κ2) is 7.69. The predicted molar refractivity (Wildman–Crippen MR) is 81.0 cm³/mol. The summed E-state index contributed by atoms with van der Waals surface area (Å²) in [4.78, 5) is 12.6. The fraction of sp³-hybridized carbons (Fsp3) is 0.429. The van der Waals surface area contributed by atoms with Gasteiger partial charge < -0.3 is 4.52 Å². The molecule has 108 valence electrons. The van der Waals surface area contributed by atoms with Crippen LogP contribution in [0.1, 0.15) is 42.6 Å². The Hall–Kier alpha value is -1.01. The monoisotopic (exact) mass is 359 g/mol. The first-order valence-corrected chi connectivity index (χ1v) is 8.46. The molecule has 0 aliphatic carbocycles. The van der Waals surface area contributed by atoms with Crippen molar-refractivity contribution in [3.05, 3.63) is 29.0 Å². The number of carbonyl (C=O) groups excluding carboxylic acids is 1. The van der Waals surface area contributed by atoms with Crippen molar-refractivity contribution in [1.82, 2.24) is 5.16 Å². The van der Waals surface area contributed by atoms with Crippen molar-refractivity contribution in [3.8, 4) is 10.6 Å². The van der Waals surface area contributed by atoms with Crippen LogP contribution in [0.15, 0.2) is 22.7 Å². The average molecular weight is 360 g/mol. The molecule has 0 aliphatic rings. The Morgan fingerprint density at radius 2 is 2.10 bits per heavy atom. The quantitative estimate of drug-likeness (QED) is 0.375. The second-order valence-electron chi connectivity index (χ2n) is 4.46. The number of aromatic nitrogens is 1. The predicted octanol–water partition coefficient (Wildman–Crippen LogP) is 5.07. The lowest BCUT2D eigenvalue weighted by Gasteiger charge is -1.97. The van der Waals surface area contributed by atoms with E-state index >= 15 is 0 Å². The van der Waals surface area contributed by atoms with Crippen molar-refractivity contribution in [2.45, 2.75) is 32.1 Å². The van der Waals surface area contributed by atoms with Crippen molar-refractivity contribution in [1.29, 1.82) is 0 Å². The number of thiophene rings is 1. The summed E-state index contributed by atoms with van der Waals surface area (Å²) in [5.74, 6) is 0.428. The molecule has 0 atom stereocenters. The Bertz CT molecular complexity index is 567. The van der Waals surface area contributed by atoms with Gasteiger partial charge in [0.15, 0.2) is 16.7 Å². The first-order chi connectivity index (χ1) is 9.70. The Morgan fingerprint density at radius 1 is 1.30 bits per heavy atom. The molecule has 0 unspecified atom stereocenters. The summed E-state index contributed by atoms with van der Waals surface area (Å²) >= 11 is 4.36. The Morgan fingerprint density at radius 3 is 2.80 bits per heavy atom. The van der Waals surface area contributed by atoms with Crippen LogP contribution in [-0.2, 0) is 0 Å². The summed E-state index contributed by atoms with van der Waals surface area (Å²) in [6.07, 6.45) is 4.64. The molecule has 0 fully saturated rings. The minimum Gasteiger partial charge on any atom is -0.355 e. The van der Waals surface area contributed by atoms with E-state index in [-0.39, 0.29) is 10.9 Å². The van der Waals surface area contributed by atoms with E-state index in [1.165, 1.54) is 6.07 Å². The fourth-order valence-corrected chi connectivity index (χ4v) is 2.91. The number of ketones is 1. The lowest BCUT2D eigenvalue weighted by atomic mass is 10.1. The van der Waals surface area contributed by atoms with Crippen molar-refractivity contribution >= 4 is 33.0 Å². The van der Waals surface area contributed by atoms with Gasteiger partial charge in [-0.3, -0.25) is 4.79 Å². The minimum absolute atomic E-state index is 0.0177. The highest BCUT2D eigenvalue weighted by Gasteiger charge is 2.14. The van der Waals surface area contributed by atoms with E-state index in [2.05, 4.69) is 21.1 Å². The number of hydrogen-bond donors (Lipinski definition) is 0. The molecule has 2 heterocycles. The van der Waals surface area contributed by atoms with E-state index in [4.69, 9.17) is 4.52 Å². The van der Waals surface area contributed by atoms with E-state index in [9.17, 15) is 9.18 Å². The Kier molecular flexibility index (Phi) is 5.91. The molecule has 0 saturated carbocycles. The molecule has 0 aromatic carbocycles. The number of nitrogens with zero attached hydrogens (tertiary/aromatic N) is 1. The second-order valence-corrected chi connectivity index (χ2v) is 6.28. The molecule has 2 rings (SSSR count). The van der Waals surface area contributed by atoms with Gasteiger partial charge in [0.1, 0.15) is 5.69 Å². The molecular formula is C14H15BrFNO2S. The topological polar surface area (TPSA) is 43.1 Å². The van der Waals surface area contributed by atoms with Crippen LogP contribution < -0.4 is 0 Å². The summed E-state index contributed by atoms with van der Waals surface area (Å²) in [5, 5.41) is 4.49. The first-order valence-electron chi connectivity index (χ1n) is 6.52. The van der Waals surface area contributed by atoms with E-state index in [1.807, 2.05) is 0 Å². The molecule has 2 aromatic heterocycles. The van der Waals surface area contributed by atoms with Gasteiger partial charge in [-0.05, 0) is 25.0 Å². The number of unbranched alkanes of at least 4 members (excludes halogenated alkanes) is 3. The molecule has 0 spiro atoms. The summed E-state index contributed by atoms with van der Waals surface area (Å²) in [5.41, 5.74) is 0.328. The number of halogens is 2. The Balaban J connectivity index is 1.87. The third-order valence-electron chi connectivity index (χ3n) is 2.90. The van der Waals surface area contributed by atoms with Gasteiger partial charge in [-0.15, -0.1) is 11.3 Å². The van der Waals surface area contributed by atoms with Crippen molar-refractivity contribution < 1.29 is 13.7 Å². The van der Waals surface area contributed by atoms with Gasteiger partial charge in [-0.25, -0.2) is 0 Å². The van der Waals surface area contributed by atoms with Gasteiger partial charge >= 0.3 is 0 Å². The standard InChI is InChI=1S/C14H15BrFNO2S/c15-8-4-2-1-3-5-11(18)10-9-12(19-17-10)13-6-7-14(16)20-13/h6-7,9H,1-5,8H2. The van der Waals surface area contributed by atoms with Gasteiger partial charge in [0.25, 0.3) is 0 Å². The minimum atomic E-state index is -0.281. The average Bonchev–Trinajstić information content (AvgIpc) is 3.06. The zero-order chi connectivity index (χ0) is 14.4. The fourth-order valence-electron chi connectivity index (χ4n) is 1.83. The number of hydrogen-bond acceptors (Lipinski definition) is 4. The third-order valence-corrected chi connectivity index (χ3v) is 4.35. The maximum Gasteiger partial charge on any atom is 0.184 e. The zero-order valence-corrected chi connectivity index (χ0v) is 13.3. The maximum absolute atomic E-state index is 12.9. The van der Waals surface area contributed by atoms with Crippen molar-refractivity contribution in [3.63, 3.8) is 0 Å². The van der Waals surface area contributed by atoms with Gasteiger partial charge in [0.05, 0.1) is 4.88 Å². The summed E-state index contributed by atoms with van der Waals surface area (Å²) < 4.78 is 18.0. The van der Waals surface area contributed by atoms with Gasteiger partial charge in [-0.1, -0.05) is 33.9 Å². The van der Waals surface area contributed by atoms with Crippen LogP contribution in [0.2, 0.25) is 0 Å². The van der Waals surface area contributed by atoms with E-state index in [1.54, 1.807) is 12.1 Å². The number of alkyl halides is 1. The van der Waals surface area contributed by atoms with E-state index in [0.29, 0.717) is 22.8 Å². The molecule has 20 heavy (non-hydrogen) atoms. The molecule has 0 aliphatic heterocycles. The van der Waals surface area contributed by atoms with Crippen LogP contribution in [0.4, 0.5) is 4.39 Å². The zero-order valence-electron chi connectivity index (χ0n) is 10.9. The van der Waals surface area contributed by atoms with Gasteiger partial charge in [-0.2, -0.15) is 4.39 Å². The normalized spacial score (nSPS) is 10.9. The van der Waals surface area contributed by atoms with Crippen LogP contribution >= 0.6 is 27.3 Å².